The molecule has 0 bridgehead atoms. The van der Waals surface area contributed by atoms with Gasteiger partial charge in [-0.05, 0) is 0 Å². The summed E-state index contributed by atoms with van der Waals surface area (Å²) in [4.78, 5) is 0. The van der Waals surface area contributed by atoms with Crippen LogP contribution in [-0.4, -0.2) is 0 Å². The summed E-state index contributed by atoms with van der Waals surface area (Å²) in [7, 11) is 0. The maximum atomic E-state index is 6.59. The Morgan fingerprint density at radius 3 is 1.47 bits per heavy atom. The van der Waals surface area contributed by atoms with E-state index in [1.807, 2.05) is 12.1 Å². The number of aromatic nitrogens is 2. The van der Waals surface area contributed by atoms with Crippen molar-refractivity contribution in [3.05, 3.63) is 56.2 Å². The summed E-state index contributed by atoms with van der Waals surface area (Å²) in [6, 6.07) is 7.37. The summed E-state index contributed by atoms with van der Waals surface area (Å²) in [5.74, 6) is 0. The van der Waals surface area contributed by atoms with E-state index in [0.29, 0.717) is 0 Å². The van der Waals surface area contributed by atoms with Crippen molar-refractivity contribution in [1.82, 2.24) is 0 Å². The van der Waals surface area contributed by atoms with Gasteiger partial charge in [0, 0.05) is 0 Å². The number of hydrogen-bond acceptors (Lipinski definition) is 0. The fraction of sp³-hybridized carbons (Fsp3) is 0. The van der Waals surface area contributed by atoms with Crippen molar-refractivity contribution in [2.24, 2.45) is 0 Å². The Morgan fingerprint density at radius 1 is 0.789 bits per heavy atom. The van der Waals surface area contributed by atoms with Gasteiger partial charge in [-0.15, -0.1) is 0 Å². The van der Waals surface area contributed by atoms with Crippen LogP contribution in [0, 0.1) is 7.14 Å². The topological polar surface area (TPSA) is 7.76 Å². The van der Waals surface area contributed by atoms with Crippen LogP contribution in [0.2, 0.25) is 0 Å². The minimum atomic E-state index is -4.99. The van der Waals surface area contributed by atoms with Crippen molar-refractivity contribution >= 4 is 93.8 Å². The average Bonchev–Trinajstić information content (AvgIpc) is 2.28. The molecule has 0 atom stereocenters. The van der Waals surface area contributed by atoms with Crippen molar-refractivity contribution in [3.63, 3.8) is 0 Å². The number of halogens is 6. The maximum absolute atomic E-state index is 6.59. The molecule has 0 saturated heterocycles. The third-order valence-corrected chi connectivity index (χ3v) is 10.2. The molecular formula is C10H8Cl4I2N2P+. The van der Waals surface area contributed by atoms with E-state index < -0.39 is 3.66 Å². The van der Waals surface area contributed by atoms with Gasteiger partial charge < -0.3 is 0 Å². The van der Waals surface area contributed by atoms with Crippen LogP contribution in [0.4, 0.5) is 0 Å². The van der Waals surface area contributed by atoms with Gasteiger partial charge in [-0.3, -0.25) is 0 Å². The van der Waals surface area contributed by atoms with Gasteiger partial charge in [-0.1, -0.05) is 0 Å². The fourth-order valence-electron chi connectivity index (χ4n) is 1.48. The second-order valence-electron chi connectivity index (χ2n) is 3.88. The normalized spacial score (nSPS) is 15.7. The molecule has 0 aliphatic carbocycles. The summed E-state index contributed by atoms with van der Waals surface area (Å²) in [6.07, 6.45) is 6.74. The molecule has 0 amide bonds. The molecule has 2 aromatic heterocycles. The molecular weight excluding hydrogens is 575 g/mol. The molecule has 0 saturated carbocycles. The molecule has 0 aliphatic heterocycles. The standard InChI is InChI=1S/C10H8Cl4I2N2P/c11-19(12,13,14,17-5-1-3-9(15)7-17)18-6-2-4-10(16)8-18/h1-8H/q+1. The second-order valence-corrected chi connectivity index (χ2v) is 22.3. The second kappa shape index (κ2) is 4.93. The molecule has 2 aromatic rings. The van der Waals surface area contributed by atoms with Crippen LogP contribution in [-0.2, 0) is 0 Å². The van der Waals surface area contributed by atoms with E-state index >= 15 is 0 Å². The quantitative estimate of drug-likeness (QED) is 0.331. The van der Waals surface area contributed by atoms with E-state index in [1.54, 1.807) is 36.9 Å². The van der Waals surface area contributed by atoms with E-state index in [-0.39, 0.29) is 0 Å². The van der Waals surface area contributed by atoms with Crippen LogP contribution in [0.25, 0.3) is 0 Å². The number of nitrogens with zero attached hydrogens (tertiary/aromatic N) is 2. The molecule has 2 nitrogen and oxygen atoms in total. The Hall–Kier alpha value is 1.35. The number of pyridine rings is 2. The van der Waals surface area contributed by atoms with Gasteiger partial charge in [0.05, 0.1) is 0 Å². The van der Waals surface area contributed by atoms with Crippen LogP contribution in [0.15, 0.2) is 49.1 Å². The Kier molecular flexibility index (Phi) is 4.34. The third-order valence-electron chi connectivity index (χ3n) is 2.40. The van der Waals surface area contributed by atoms with Gasteiger partial charge in [0.1, 0.15) is 0 Å². The van der Waals surface area contributed by atoms with Crippen molar-refractivity contribution in [2.45, 2.75) is 0 Å². The first-order chi connectivity index (χ1) is 8.53. The van der Waals surface area contributed by atoms with Crippen LogP contribution in [0.3, 0.4) is 0 Å². The molecule has 104 valence electrons. The summed E-state index contributed by atoms with van der Waals surface area (Å²) in [6.45, 7) is 0. The molecule has 0 radical (unpaired) electrons. The van der Waals surface area contributed by atoms with E-state index in [4.69, 9.17) is 45.0 Å². The number of rotatable bonds is 2. The first-order valence-electron chi connectivity index (χ1n) is 4.97. The first-order valence-corrected chi connectivity index (χ1v) is 13.3. The Morgan fingerprint density at radius 2 is 1.16 bits per heavy atom. The van der Waals surface area contributed by atoms with Crippen molar-refractivity contribution in [2.75, 3.05) is 0 Å². The zero-order valence-corrected chi connectivity index (χ0v) is 17.5. The van der Waals surface area contributed by atoms with Crippen molar-refractivity contribution < 1.29 is 8.68 Å². The molecule has 0 N–H and O–H groups in total. The van der Waals surface area contributed by atoms with Gasteiger partial charge in [-0.2, -0.15) is 0 Å². The molecule has 0 aliphatic rings. The SMILES string of the molecule is Cl[P-](Cl)(Cl)(Cl)([n+]1cccc(I)c1)[n+]1cccc(I)c1. The monoisotopic (exact) mass is 581 g/mol. The van der Waals surface area contributed by atoms with Gasteiger partial charge in [0.15, 0.2) is 0 Å². The molecule has 0 fully saturated rings. The van der Waals surface area contributed by atoms with Crippen molar-refractivity contribution in [3.8, 4) is 0 Å². The first kappa shape index (κ1) is 16.7. The van der Waals surface area contributed by atoms with E-state index in [0.717, 1.165) is 7.14 Å². The van der Waals surface area contributed by atoms with E-state index in [9.17, 15) is 0 Å². The third kappa shape index (κ3) is 3.41. The van der Waals surface area contributed by atoms with Gasteiger partial charge in [0.2, 0.25) is 0 Å². The molecule has 0 spiro atoms. The zero-order chi connectivity index (χ0) is 14.4. The molecule has 0 aromatic carbocycles. The summed E-state index contributed by atoms with van der Waals surface area (Å²) in [5, 5.41) is 0. The minimum absolute atomic E-state index is 0.920. The molecule has 2 heterocycles. The Labute approximate surface area is 157 Å². The predicted molar refractivity (Wildman–Crippen MR) is 99.8 cm³/mol. The predicted octanol–water partition coefficient (Wildman–Crippen LogP) is 5.40. The van der Waals surface area contributed by atoms with Gasteiger partial charge in [0.25, 0.3) is 0 Å². The van der Waals surface area contributed by atoms with Crippen molar-refractivity contribution in [1.29, 1.82) is 0 Å². The summed E-state index contributed by atoms with van der Waals surface area (Å²) >= 11 is 30.7. The van der Waals surface area contributed by atoms with Gasteiger partial charge >= 0.3 is 159 Å². The molecule has 0 unspecified atom stereocenters. The average molecular weight is 583 g/mol. The fourth-order valence-corrected chi connectivity index (χ4v) is 6.81. The summed E-state index contributed by atoms with van der Waals surface area (Å²) < 4.78 is -0.212. The molecule has 19 heavy (non-hydrogen) atoms. The van der Waals surface area contributed by atoms with Crippen LogP contribution >= 0.6 is 93.8 Å². The molecule has 2 rings (SSSR count). The van der Waals surface area contributed by atoms with Crippen LogP contribution < -0.4 is 8.68 Å². The molecule has 9 heteroatoms. The summed E-state index contributed by atoms with van der Waals surface area (Å²) in [5.41, 5.74) is 0. The Bertz CT molecular complexity index is 607. The van der Waals surface area contributed by atoms with Crippen LogP contribution in [0.5, 0.6) is 0 Å². The van der Waals surface area contributed by atoms with Gasteiger partial charge in [-0.25, -0.2) is 0 Å². The van der Waals surface area contributed by atoms with E-state index in [1.165, 1.54) is 8.68 Å². The zero-order valence-electron chi connectivity index (χ0n) is 9.23. The van der Waals surface area contributed by atoms with Crippen LogP contribution in [0.1, 0.15) is 0 Å². The van der Waals surface area contributed by atoms with E-state index in [2.05, 4.69) is 45.2 Å². The Balaban J connectivity index is 2.79. The number of hydrogen-bond donors (Lipinski definition) is 0.